The van der Waals surface area contributed by atoms with Crippen molar-refractivity contribution >= 4 is 21.6 Å². The summed E-state index contributed by atoms with van der Waals surface area (Å²) in [5, 5.41) is 11.6. The normalized spacial score (nSPS) is 15.6. The van der Waals surface area contributed by atoms with Gasteiger partial charge >= 0.3 is 0 Å². The van der Waals surface area contributed by atoms with Gasteiger partial charge in [0.2, 0.25) is 10.0 Å². The van der Waals surface area contributed by atoms with E-state index in [1.54, 1.807) is 48.5 Å². The van der Waals surface area contributed by atoms with Crippen molar-refractivity contribution in [1.82, 2.24) is 5.32 Å². The number of nitrogens with zero attached hydrogens (tertiary/aromatic N) is 2. The summed E-state index contributed by atoms with van der Waals surface area (Å²) < 4.78 is 25.2. The van der Waals surface area contributed by atoms with E-state index in [1.165, 1.54) is 4.31 Å². The van der Waals surface area contributed by atoms with Gasteiger partial charge in [-0.25, -0.2) is 8.42 Å². The molecule has 1 saturated heterocycles. The Morgan fingerprint density at radius 2 is 1.80 bits per heavy atom. The first-order valence-corrected chi connectivity index (χ1v) is 9.48. The maximum atomic E-state index is 12.2. The van der Waals surface area contributed by atoms with Crippen molar-refractivity contribution < 1.29 is 13.2 Å². The molecule has 1 aliphatic heterocycles. The Hall–Kier alpha value is -2.85. The summed E-state index contributed by atoms with van der Waals surface area (Å²) in [4.78, 5) is 12.2. The van der Waals surface area contributed by atoms with Gasteiger partial charge in [-0.1, -0.05) is 12.1 Å². The lowest BCUT2D eigenvalue weighted by Gasteiger charge is -2.17. The molecule has 1 N–H and O–H groups in total. The molecule has 25 heavy (non-hydrogen) atoms. The number of anilines is 1. The number of benzene rings is 2. The number of rotatable bonds is 4. The maximum Gasteiger partial charge on any atom is 0.251 e. The van der Waals surface area contributed by atoms with E-state index in [1.807, 2.05) is 6.07 Å². The quantitative estimate of drug-likeness (QED) is 0.908. The van der Waals surface area contributed by atoms with E-state index >= 15 is 0 Å². The van der Waals surface area contributed by atoms with Gasteiger partial charge in [-0.3, -0.25) is 9.10 Å². The average Bonchev–Trinajstić information content (AvgIpc) is 2.99. The summed E-state index contributed by atoms with van der Waals surface area (Å²) in [6.07, 6.45) is 0.620. The molecule has 1 aliphatic rings. The highest BCUT2D eigenvalue weighted by Gasteiger charge is 2.28. The standard InChI is InChI=1S/C18H17N3O3S/c19-12-14-2-4-15(5-3-14)13-20-18(22)16-6-8-17(9-7-16)21-10-1-11-25(21,23)24/h2-9H,1,10-11,13H2,(H,20,22). The van der Waals surface area contributed by atoms with Crippen LogP contribution in [-0.2, 0) is 16.6 Å². The maximum absolute atomic E-state index is 12.2. The topological polar surface area (TPSA) is 90.3 Å². The Labute approximate surface area is 146 Å². The van der Waals surface area contributed by atoms with Gasteiger partial charge < -0.3 is 5.32 Å². The lowest BCUT2D eigenvalue weighted by atomic mass is 10.1. The minimum Gasteiger partial charge on any atom is -0.348 e. The van der Waals surface area contributed by atoms with E-state index in [0.29, 0.717) is 36.3 Å². The van der Waals surface area contributed by atoms with Crippen LogP contribution >= 0.6 is 0 Å². The molecule has 0 aromatic heterocycles. The van der Waals surface area contributed by atoms with Gasteiger partial charge in [0.1, 0.15) is 0 Å². The molecule has 2 aromatic rings. The van der Waals surface area contributed by atoms with E-state index in [-0.39, 0.29) is 11.7 Å². The van der Waals surface area contributed by atoms with Crippen molar-refractivity contribution in [3.05, 3.63) is 65.2 Å². The molecule has 6 nitrogen and oxygen atoms in total. The molecule has 3 rings (SSSR count). The van der Waals surface area contributed by atoms with Crippen molar-refractivity contribution in [2.75, 3.05) is 16.6 Å². The Kier molecular flexibility index (Phi) is 4.72. The van der Waals surface area contributed by atoms with Crippen LogP contribution in [0.1, 0.15) is 27.9 Å². The van der Waals surface area contributed by atoms with Crippen LogP contribution in [0.2, 0.25) is 0 Å². The first-order valence-electron chi connectivity index (χ1n) is 7.87. The van der Waals surface area contributed by atoms with Gasteiger partial charge in [0.15, 0.2) is 0 Å². The minimum absolute atomic E-state index is 0.166. The fourth-order valence-corrected chi connectivity index (χ4v) is 4.25. The summed E-state index contributed by atoms with van der Waals surface area (Å²) in [6.45, 7) is 0.833. The fraction of sp³-hybridized carbons (Fsp3) is 0.222. The summed E-state index contributed by atoms with van der Waals surface area (Å²) >= 11 is 0. The molecule has 0 bridgehead atoms. The van der Waals surface area contributed by atoms with Crippen molar-refractivity contribution in [2.24, 2.45) is 0 Å². The summed E-state index contributed by atoms with van der Waals surface area (Å²) in [5.74, 6) is -0.0694. The van der Waals surface area contributed by atoms with Crippen molar-refractivity contribution in [3.63, 3.8) is 0 Å². The third-order valence-corrected chi connectivity index (χ3v) is 5.92. The zero-order valence-electron chi connectivity index (χ0n) is 13.5. The van der Waals surface area contributed by atoms with Crippen LogP contribution in [0.3, 0.4) is 0 Å². The molecule has 0 aliphatic carbocycles. The number of amides is 1. The van der Waals surface area contributed by atoms with Crippen LogP contribution in [-0.4, -0.2) is 26.6 Å². The molecule has 7 heteroatoms. The zero-order valence-corrected chi connectivity index (χ0v) is 14.3. The number of nitrogens with one attached hydrogen (secondary N) is 1. The zero-order chi connectivity index (χ0) is 17.9. The lowest BCUT2D eigenvalue weighted by molar-refractivity contribution is 0.0951. The largest absolute Gasteiger partial charge is 0.348 e. The second-order valence-corrected chi connectivity index (χ2v) is 7.79. The molecular weight excluding hydrogens is 338 g/mol. The monoisotopic (exact) mass is 355 g/mol. The minimum atomic E-state index is -3.22. The number of nitriles is 1. The molecule has 0 spiro atoms. The first-order chi connectivity index (χ1) is 12.0. The highest BCUT2D eigenvalue weighted by atomic mass is 32.2. The first kappa shape index (κ1) is 17.0. The van der Waals surface area contributed by atoms with E-state index in [9.17, 15) is 13.2 Å². The van der Waals surface area contributed by atoms with E-state index < -0.39 is 10.0 Å². The molecule has 2 aromatic carbocycles. The molecule has 128 valence electrons. The van der Waals surface area contributed by atoms with Crippen LogP contribution in [0.4, 0.5) is 5.69 Å². The third-order valence-electron chi connectivity index (χ3n) is 4.05. The molecule has 0 saturated carbocycles. The number of hydrogen-bond donors (Lipinski definition) is 1. The van der Waals surface area contributed by atoms with Crippen molar-refractivity contribution in [2.45, 2.75) is 13.0 Å². The van der Waals surface area contributed by atoms with Crippen LogP contribution in [0.15, 0.2) is 48.5 Å². The average molecular weight is 355 g/mol. The second-order valence-electron chi connectivity index (χ2n) is 5.78. The van der Waals surface area contributed by atoms with E-state index in [2.05, 4.69) is 5.32 Å². The van der Waals surface area contributed by atoms with Crippen molar-refractivity contribution in [1.29, 1.82) is 5.26 Å². The molecule has 0 radical (unpaired) electrons. The molecule has 1 fully saturated rings. The Morgan fingerprint density at radius 3 is 2.36 bits per heavy atom. The second kappa shape index (κ2) is 6.95. The summed E-state index contributed by atoms with van der Waals surface area (Å²) in [7, 11) is -3.22. The Morgan fingerprint density at radius 1 is 1.12 bits per heavy atom. The van der Waals surface area contributed by atoms with Gasteiger partial charge in [-0.15, -0.1) is 0 Å². The van der Waals surface area contributed by atoms with Crippen LogP contribution < -0.4 is 9.62 Å². The molecule has 0 unspecified atom stereocenters. The number of carbonyl (C=O) groups excluding carboxylic acids is 1. The number of hydrogen-bond acceptors (Lipinski definition) is 4. The van der Waals surface area contributed by atoms with E-state index in [0.717, 1.165) is 5.56 Å². The van der Waals surface area contributed by atoms with Gasteiger partial charge in [-0.2, -0.15) is 5.26 Å². The molecular formula is C18H17N3O3S. The van der Waals surface area contributed by atoms with Crippen LogP contribution in [0.5, 0.6) is 0 Å². The number of sulfonamides is 1. The predicted octanol–water partition coefficient (Wildman–Crippen LogP) is 2.03. The SMILES string of the molecule is N#Cc1ccc(CNC(=O)c2ccc(N3CCCS3(=O)=O)cc2)cc1. The smallest absolute Gasteiger partial charge is 0.251 e. The third kappa shape index (κ3) is 3.80. The van der Waals surface area contributed by atoms with Crippen LogP contribution in [0.25, 0.3) is 0 Å². The summed E-state index contributed by atoms with van der Waals surface area (Å²) in [5.41, 5.74) is 2.52. The lowest BCUT2D eigenvalue weighted by Crippen LogP contribution is -2.25. The highest BCUT2D eigenvalue weighted by Crippen LogP contribution is 2.24. The van der Waals surface area contributed by atoms with Gasteiger partial charge in [0, 0.05) is 18.7 Å². The Balaban J connectivity index is 1.63. The van der Waals surface area contributed by atoms with Gasteiger partial charge in [0.05, 0.1) is 23.1 Å². The highest BCUT2D eigenvalue weighted by molar-refractivity contribution is 7.93. The fourth-order valence-electron chi connectivity index (χ4n) is 2.69. The molecule has 0 atom stereocenters. The predicted molar refractivity (Wildman–Crippen MR) is 94.5 cm³/mol. The van der Waals surface area contributed by atoms with Gasteiger partial charge in [-0.05, 0) is 48.4 Å². The number of carbonyl (C=O) groups is 1. The van der Waals surface area contributed by atoms with Crippen LogP contribution in [0, 0.1) is 11.3 Å². The summed E-state index contributed by atoms with van der Waals surface area (Å²) in [6, 6.07) is 15.6. The Bertz CT molecular complexity index is 914. The van der Waals surface area contributed by atoms with Crippen molar-refractivity contribution in [3.8, 4) is 6.07 Å². The molecule has 1 amide bonds. The van der Waals surface area contributed by atoms with Gasteiger partial charge in [0.25, 0.3) is 5.91 Å². The van der Waals surface area contributed by atoms with E-state index in [4.69, 9.17) is 5.26 Å². The molecule has 1 heterocycles.